The molecule has 1 fully saturated rings. The lowest BCUT2D eigenvalue weighted by Gasteiger charge is -2.13. The van der Waals surface area contributed by atoms with Crippen molar-refractivity contribution in [2.75, 3.05) is 13.2 Å². The molecule has 2 rings (SSSR count). The zero-order chi connectivity index (χ0) is 13.2. The van der Waals surface area contributed by atoms with Gasteiger partial charge in [-0.2, -0.15) is 0 Å². The summed E-state index contributed by atoms with van der Waals surface area (Å²) in [6.45, 7) is 0.782. The van der Waals surface area contributed by atoms with Crippen LogP contribution in [0.15, 0.2) is 27.6 Å². The van der Waals surface area contributed by atoms with Crippen LogP contribution >= 0.6 is 15.9 Å². The maximum absolute atomic E-state index is 12.2. The van der Waals surface area contributed by atoms with Gasteiger partial charge in [0.2, 0.25) is 10.0 Å². The second kappa shape index (κ2) is 5.66. The third-order valence-corrected chi connectivity index (χ3v) is 5.23. The van der Waals surface area contributed by atoms with Crippen LogP contribution in [0.5, 0.6) is 0 Å². The van der Waals surface area contributed by atoms with Crippen LogP contribution in [0.3, 0.4) is 0 Å². The first-order chi connectivity index (χ1) is 8.53. The number of benzene rings is 1. The minimum atomic E-state index is -3.59. The number of hydrogen-bond donors (Lipinski definition) is 2. The summed E-state index contributed by atoms with van der Waals surface area (Å²) < 4.78 is 32.6. The van der Waals surface area contributed by atoms with Crippen molar-refractivity contribution >= 4 is 26.0 Å². The van der Waals surface area contributed by atoms with E-state index in [0.717, 1.165) is 0 Å². The molecular formula is C11H14BrNO4S. The van der Waals surface area contributed by atoms with Crippen LogP contribution in [0.1, 0.15) is 12.0 Å². The Morgan fingerprint density at radius 3 is 2.89 bits per heavy atom. The van der Waals surface area contributed by atoms with Gasteiger partial charge in [0.15, 0.2) is 0 Å². The molecule has 0 amide bonds. The van der Waals surface area contributed by atoms with Gasteiger partial charge in [-0.15, -0.1) is 0 Å². The monoisotopic (exact) mass is 335 g/mol. The van der Waals surface area contributed by atoms with E-state index < -0.39 is 10.0 Å². The van der Waals surface area contributed by atoms with Gasteiger partial charge in [-0.3, -0.25) is 0 Å². The summed E-state index contributed by atoms with van der Waals surface area (Å²) in [4.78, 5) is 0.140. The average Bonchev–Trinajstić information content (AvgIpc) is 2.81. The fraction of sp³-hybridized carbons (Fsp3) is 0.455. The summed E-state index contributed by atoms with van der Waals surface area (Å²) in [5, 5.41) is 9.05. The molecule has 1 aliphatic rings. The Bertz CT molecular complexity index is 526. The molecule has 0 bridgehead atoms. The van der Waals surface area contributed by atoms with Crippen LogP contribution < -0.4 is 4.72 Å². The first kappa shape index (κ1) is 14.0. The fourth-order valence-electron chi connectivity index (χ4n) is 1.76. The van der Waals surface area contributed by atoms with E-state index in [-0.39, 0.29) is 17.5 Å². The van der Waals surface area contributed by atoms with Crippen LogP contribution in [0.25, 0.3) is 0 Å². The van der Waals surface area contributed by atoms with Gasteiger partial charge in [0.05, 0.1) is 18.1 Å². The van der Waals surface area contributed by atoms with Gasteiger partial charge in [-0.25, -0.2) is 13.1 Å². The molecule has 1 heterocycles. The zero-order valence-corrected chi connectivity index (χ0v) is 12.0. The molecule has 18 heavy (non-hydrogen) atoms. The SMILES string of the molecule is O=S(=O)(NC1CCOC1)c1cc(CO)ccc1Br. The van der Waals surface area contributed by atoms with Gasteiger partial charge in [-0.05, 0) is 40.0 Å². The van der Waals surface area contributed by atoms with Gasteiger partial charge in [0.25, 0.3) is 0 Å². The smallest absolute Gasteiger partial charge is 0.242 e. The number of aliphatic hydroxyl groups excluding tert-OH is 1. The molecule has 1 atom stereocenters. The maximum atomic E-state index is 12.2. The highest BCUT2D eigenvalue weighted by Gasteiger charge is 2.25. The molecule has 0 aliphatic carbocycles. The van der Waals surface area contributed by atoms with E-state index in [0.29, 0.717) is 29.7 Å². The van der Waals surface area contributed by atoms with Crippen LogP contribution in [0, 0.1) is 0 Å². The van der Waals surface area contributed by atoms with Gasteiger partial charge in [-0.1, -0.05) is 6.07 Å². The van der Waals surface area contributed by atoms with Crippen molar-refractivity contribution in [3.8, 4) is 0 Å². The molecule has 0 spiro atoms. The fourth-order valence-corrected chi connectivity index (χ4v) is 4.03. The Balaban J connectivity index is 2.27. The Morgan fingerprint density at radius 1 is 1.50 bits per heavy atom. The third kappa shape index (κ3) is 3.10. The number of sulfonamides is 1. The summed E-state index contributed by atoms with van der Waals surface area (Å²) in [6.07, 6.45) is 0.677. The van der Waals surface area contributed by atoms with Crippen molar-refractivity contribution in [1.82, 2.24) is 4.72 Å². The lowest BCUT2D eigenvalue weighted by molar-refractivity contribution is 0.192. The van der Waals surface area contributed by atoms with E-state index in [1.807, 2.05) is 0 Å². The lowest BCUT2D eigenvalue weighted by atomic mass is 10.2. The molecule has 0 saturated carbocycles. The molecule has 1 saturated heterocycles. The van der Waals surface area contributed by atoms with Crippen molar-refractivity contribution in [3.05, 3.63) is 28.2 Å². The zero-order valence-electron chi connectivity index (χ0n) is 9.60. The molecule has 5 nitrogen and oxygen atoms in total. The highest BCUT2D eigenvalue weighted by Crippen LogP contribution is 2.24. The normalized spacial score (nSPS) is 20.2. The molecule has 1 aromatic carbocycles. The number of aliphatic hydroxyl groups is 1. The largest absolute Gasteiger partial charge is 0.392 e. The Hall–Kier alpha value is -0.470. The highest BCUT2D eigenvalue weighted by atomic mass is 79.9. The van der Waals surface area contributed by atoms with E-state index in [4.69, 9.17) is 9.84 Å². The van der Waals surface area contributed by atoms with Crippen molar-refractivity contribution in [2.24, 2.45) is 0 Å². The second-order valence-corrected chi connectivity index (χ2v) is 6.64. The van der Waals surface area contributed by atoms with Crippen molar-refractivity contribution in [2.45, 2.75) is 24.0 Å². The Kier molecular flexibility index (Phi) is 4.39. The van der Waals surface area contributed by atoms with Gasteiger partial charge in [0, 0.05) is 17.1 Å². The maximum Gasteiger partial charge on any atom is 0.242 e. The van der Waals surface area contributed by atoms with Crippen LogP contribution in [-0.2, 0) is 21.4 Å². The summed E-state index contributed by atoms with van der Waals surface area (Å²) in [5.41, 5.74) is 0.557. The van der Waals surface area contributed by atoms with Crippen LogP contribution in [0.2, 0.25) is 0 Å². The van der Waals surface area contributed by atoms with Gasteiger partial charge < -0.3 is 9.84 Å². The first-order valence-electron chi connectivity index (χ1n) is 5.52. The molecule has 0 aromatic heterocycles. The lowest BCUT2D eigenvalue weighted by Crippen LogP contribution is -2.35. The highest BCUT2D eigenvalue weighted by molar-refractivity contribution is 9.10. The number of halogens is 1. The number of ether oxygens (including phenoxy) is 1. The number of nitrogens with one attached hydrogen (secondary N) is 1. The molecule has 1 aromatic rings. The third-order valence-electron chi connectivity index (χ3n) is 2.72. The summed E-state index contributed by atoms with van der Waals surface area (Å²) in [6, 6.07) is 4.56. The quantitative estimate of drug-likeness (QED) is 0.861. The standard InChI is InChI=1S/C11H14BrNO4S/c12-10-2-1-8(6-14)5-11(10)18(15,16)13-9-3-4-17-7-9/h1-2,5,9,13-14H,3-4,6-7H2. The predicted octanol–water partition coefficient (Wildman–Crippen LogP) is 1.01. The summed E-state index contributed by atoms with van der Waals surface area (Å²) in [7, 11) is -3.59. The van der Waals surface area contributed by atoms with Crippen molar-refractivity contribution < 1.29 is 18.3 Å². The molecule has 0 radical (unpaired) electrons. The molecule has 2 N–H and O–H groups in total. The Labute approximate surface area is 114 Å². The van der Waals surface area contributed by atoms with E-state index in [1.54, 1.807) is 12.1 Å². The summed E-state index contributed by atoms with van der Waals surface area (Å²) in [5.74, 6) is 0. The molecular weight excluding hydrogens is 322 g/mol. The van der Waals surface area contributed by atoms with Gasteiger partial charge >= 0.3 is 0 Å². The molecule has 1 unspecified atom stereocenters. The summed E-state index contributed by atoms with van der Waals surface area (Å²) >= 11 is 3.21. The number of rotatable bonds is 4. The Morgan fingerprint density at radius 2 is 2.28 bits per heavy atom. The minimum absolute atomic E-state index is 0.140. The number of hydrogen-bond acceptors (Lipinski definition) is 4. The van der Waals surface area contributed by atoms with Crippen molar-refractivity contribution in [1.29, 1.82) is 0 Å². The van der Waals surface area contributed by atoms with E-state index in [2.05, 4.69) is 20.7 Å². The van der Waals surface area contributed by atoms with Crippen LogP contribution in [0.4, 0.5) is 0 Å². The van der Waals surface area contributed by atoms with Crippen molar-refractivity contribution in [3.63, 3.8) is 0 Å². The van der Waals surface area contributed by atoms with Crippen LogP contribution in [-0.4, -0.2) is 32.8 Å². The second-order valence-electron chi connectivity index (χ2n) is 4.10. The van der Waals surface area contributed by atoms with E-state index in [1.165, 1.54) is 6.07 Å². The predicted molar refractivity (Wildman–Crippen MR) is 69.6 cm³/mol. The minimum Gasteiger partial charge on any atom is -0.392 e. The molecule has 7 heteroatoms. The van der Waals surface area contributed by atoms with E-state index in [9.17, 15) is 8.42 Å². The first-order valence-corrected chi connectivity index (χ1v) is 7.80. The van der Waals surface area contributed by atoms with E-state index >= 15 is 0 Å². The van der Waals surface area contributed by atoms with Gasteiger partial charge in [0.1, 0.15) is 0 Å². The topological polar surface area (TPSA) is 75.6 Å². The molecule has 100 valence electrons. The average molecular weight is 336 g/mol. The molecule has 1 aliphatic heterocycles.